The fourth-order valence-electron chi connectivity index (χ4n) is 1.88. The van der Waals surface area contributed by atoms with E-state index in [0.717, 1.165) is 15.4 Å². The maximum Gasteiger partial charge on any atom is 0.234 e. The molecule has 0 amide bonds. The normalized spacial score (nSPS) is 10.9. The Labute approximate surface area is 123 Å². The van der Waals surface area contributed by atoms with Gasteiger partial charge in [0.15, 0.2) is 0 Å². The molecule has 0 radical (unpaired) electrons. The summed E-state index contributed by atoms with van der Waals surface area (Å²) < 4.78 is 5.84. The summed E-state index contributed by atoms with van der Waals surface area (Å²) in [7, 11) is 0. The Morgan fingerprint density at radius 3 is 2.90 bits per heavy atom. The lowest BCUT2D eigenvalue weighted by molar-refractivity contribution is -0.116. The number of carbonyl (C=O) groups excluding carboxylic acids is 1. The molecule has 0 atom stereocenters. The number of hydrogen-bond acceptors (Lipinski definition) is 5. The van der Waals surface area contributed by atoms with E-state index in [-0.39, 0.29) is 12.2 Å². The minimum Gasteiger partial charge on any atom is -0.338 e. The predicted molar refractivity (Wildman–Crippen MR) is 77.1 cm³/mol. The molecule has 0 saturated carbocycles. The molecule has 5 nitrogen and oxygen atoms in total. The zero-order valence-corrected chi connectivity index (χ0v) is 12.2. The van der Waals surface area contributed by atoms with Crippen LogP contribution < -0.4 is 0 Å². The number of Topliss-reactive ketones (excluding diaryl/α,β-unsaturated/α-hetero) is 1. The Morgan fingerprint density at radius 2 is 2.10 bits per heavy atom. The first-order valence-corrected chi connectivity index (χ1v) is 6.80. The second-order valence-corrected chi connectivity index (χ2v) is 5.26. The number of ketones is 1. The molecule has 100 valence electrons. The quantitative estimate of drug-likeness (QED) is 0.737. The number of rotatable bonds is 3. The third-order valence-corrected chi connectivity index (χ3v) is 3.36. The number of nitrogens with zero attached hydrogens (tertiary/aromatic N) is 3. The first-order valence-electron chi connectivity index (χ1n) is 6.01. The van der Waals surface area contributed by atoms with E-state index in [1.54, 1.807) is 0 Å². The van der Waals surface area contributed by atoms with E-state index >= 15 is 0 Å². The maximum absolute atomic E-state index is 11.0. The number of carbonyl (C=O) groups is 1. The van der Waals surface area contributed by atoms with Gasteiger partial charge in [-0.15, -0.1) is 0 Å². The van der Waals surface area contributed by atoms with Crippen molar-refractivity contribution in [3.8, 4) is 11.5 Å². The Kier molecular flexibility index (Phi) is 3.31. The topological polar surface area (TPSA) is 68.9 Å². The summed E-state index contributed by atoms with van der Waals surface area (Å²) in [5.74, 6) is 0.652. The number of aromatic nitrogens is 3. The van der Waals surface area contributed by atoms with E-state index in [0.29, 0.717) is 17.4 Å². The predicted octanol–water partition coefficient (Wildman–Crippen LogP) is 3.18. The van der Waals surface area contributed by atoms with E-state index in [4.69, 9.17) is 4.52 Å². The molecule has 1 aromatic carbocycles. The van der Waals surface area contributed by atoms with Crippen molar-refractivity contribution in [3.05, 3.63) is 40.7 Å². The van der Waals surface area contributed by atoms with Crippen LogP contribution in [0, 0.1) is 0 Å². The molecule has 0 spiro atoms. The molecule has 0 N–H and O–H groups in total. The number of benzene rings is 1. The summed E-state index contributed by atoms with van der Waals surface area (Å²) in [4.78, 5) is 19.8. The van der Waals surface area contributed by atoms with Crippen LogP contribution in [0.4, 0.5) is 0 Å². The number of fused-ring (bicyclic) bond motifs is 1. The van der Waals surface area contributed by atoms with Crippen molar-refractivity contribution in [2.45, 2.75) is 13.3 Å². The molecule has 6 heteroatoms. The average molecular weight is 332 g/mol. The molecule has 0 saturated heterocycles. The average Bonchev–Trinajstić information content (AvgIpc) is 2.85. The van der Waals surface area contributed by atoms with Gasteiger partial charge in [0.25, 0.3) is 0 Å². The van der Waals surface area contributed by atoms with Crippen molar-refractivity contribution in [1.29, 1.82) is 0 Å². The SMILES string of the molecule is CC(=O)Cc1nc(-c2nc3ccccc3cc2Br)no1. The van der Waals surface area contributed by atoms with E-state index in [9.17, 15) is 4.79 Å². The van der Waals surface area contributed by atoms with Crippen LogP contribution in [0.1, 0.15) is 12.8 Å². The highest BCUT2D eigenvalue weighted by Crippen LogP contribution is 2.27. The van der Waals surface area contributed by atoms with Crippen LogP contribution in [0.25, 0.3) is 22.4 Å². The zero-order valence-electron chi connectivity index (χ0n) is 10.6. The molecule has 0 unspecified atom stereocenters. The van der Waals surface area contributed by atoms with Gasteiger partial charge in [0.1, 0.15) is 11.5 Å². The van der Waals surface area contributed by atoms with Gasteiger partial charge in [-0.25, -0.2) is 4.98 Å². The van der Waals surface area contributed by atoms with Gasteiger partial charge in [-0.3, -0.25) is 4.79 Å². The van der Waals surface area contributed by atoms with Crippen LogP contribution in [-0.4, -0.2) is 20.9 Å². The number of hydrogen-bond donors (Lipinski definition) is 0. The van der Waals surface area contributed by atoms with Crippen molar-refractivity contribution in [3.63, 3.8) is 0 Å². The molecule has 20 heavy (non-hydrogen) atoms. The standard InChI is InChI=1S/C14H10BrN3O2/c1-8(19)6-12-17-14(18-20-12)13-10(15)7-9-4-2-3-5-11(9)16-13/h2-5,7H,6H2,1H3. The van der Waals surface area contributed by atoms with E-state index < -0.39 is 0 Å². The monoisotopic (exact) mass is 331 g/mol. The number of halogens is 1. The van der Waals surface area contributed by atoms with Crippen LogP contribution in [0.15, 0.2) is 39.3 Å². The highest BCUT2D eigenvalue weighted by atomic mass is 79.9. The molecule has 0 aliphatic carbocycles. The molecule has 0 bridgehead atoms. The fourth-order valence-corrected chi connectivity index (χ4v) is 2.40. The van der Waals surface area contributed by atoms with Gasteiger partial charge in [0, 0.05) is 9.86 Å². The summed E-state index contributed by atoms with van der Waals surface area (Å²) in [6.07, 6.45) is 0.137. The Balaban J connectivity index is 2.07. The summed E-state index contributed by atoms with van der Waals surface area (Å²) in [5, 5.41) is 4.90. The number of para-hydroxylation sites is 1. The summed E-state index contributed by atoms with van der Waals surface area (Å²) in [5.41, 5.74) is 1.45. The van der Waals surface area contributed by atoms with Crippen LogP contribution in [-0.2, 0) is 11.2 Å². The first kappa shape index (κ1) is 12.9. The lowest BCUT2D eigenvalue weighted by atomic mass is 10.2. The molecule has 2 aromatic heterocycles. The summed E-state index contributed by atoms with van der Waals surface area (Å²) in [6.45, 7) is 1.48. The minimum atomic E-state index is -0.0225. The smallest absolute Gasteiger partial charge is 0.234 e. The lowest BCUT2D eigenvalue weighted by Crippen LogP contribution is -1.96. The Morgan fingerprint density at radius 1 is 1.30 bits per heavy atom. The molecule has 0 aliphatic heterocycles. The third kappa shape index (κ3) is 2.46. The molecule has 0 fully saturated rings. The summed E-state index contributed by atoms with van der Waals surface area (Å²) in [6, 6.07) is 9.73. The Bertz CT molecular complexity index is 798. The molecular weight excluding hydrogens is 322 g/mol. The van der Waals surface area contributed by atoms with Gasteiger partial charge in [-0.2, -0.15) is 4.98 Å². The van der Waals surface area contributed by atoms with Crippen LogP contribution in [0.3, 0.4) is 0 Å². The van der Waals surface area contributed by atoms with Gasteiger partial charge in [-0.1, -0.05) is 23.4 Å². The second kappa shape index (κ2) is 5.13. The molecule has 3 aromatic rings. The second-order valence-electron chi connectivity index (χ2n) is 4.40. The van der Waals surface area contributed by atoms with Crippen molar-refractivity contribution < 1.29 is 9.32 Å². The molecule has 2 heterocycles. The zero-order chi connectivity index (χ0) is 14.1. The Hall–Kier alpha value is -2.08. The van der Waals surface area contributed by atoms with E-state index in [2.05, 4.69) is 31.1 Å². The van der Waals surface area contributed by atoms with Gasteiger partial charge in [-0.05, 0) is 35.0 Å². The van der Waals surface area contributed by atoms with Gasteiger partial charge >= 0.3 is 0 Å². The highest BCUT2D eigenvalue weighted by molar-refractivity contribution is 9.10. The van der Waals surface area contributed by atoms with Crippen molar-refractivity contribution in [1.82, 2.24) is 15.1 Å². The highest BCUT2D eigenvalue weighted by Gasteiger charge is 2.15. The van der Waals surface area contributed by atoms with Gasteiger partial charge in [0.2, 0.25) is 11.7 Å². The summed E-state index contributed by atoms with van der Waals surface area (Å²) >= 11 is 3.46. The van der Waals surface area contributed by atoms with Crippen molar-refractivity contribution >= 4 is 32.6 Å². The van der Waals surface area contributed by atoms with Crippen molar-refractivity contribution in [2.75, 3.05) is 0 Å². The third-order valence-electron chi connectivity index (χ3n) is 2.76. The maximum atomic E-state index is 11.0. The fraction of sp³-hybridized carbons (Fsp3) is 0.143. The van der Waals surface area contributed by atoms with Gasteiger partial charge < -0.3 is 4.52 Å². The van der Waals surface area contributed by atoms with Crippen molar-refractivity contribution in [2.24, 2.45) is 0 Å². The number of pyridine rings is 1. The minimum absolute atomic E-state index is 0.0225. The van der Waals surface area contributed by atoms with E-state index in [1.807, 2.05) is 30.3 Å². The molecular formula is C14H10BrN3O2. The lowest BCUT2D eigenvalue weighted by Gasteiger charge is -2.02. The molecule has 3 rings (SSSR count). The largest absolute Gasteiger partial charge is 0.338 e. The first-order chi connectivity index (χ1) is 9.63. The van der Waals surface area contributed by atoms with Crippen LogP contribution in [0.2, 0.25) is 0 Å². The van der Waals surface area contributed by atoms with E-state index in [1.165, 1.54) is 6.92 Å². The van der Waals surface area contributed by atoms with Crippen LogP contribution in [0.5, 0.6) is 0 Å². The van der Waals surface area contributed by atoms with Crippen LogP contribution >= 0.6 is 15.9 Å². The molecule has 0 aliphatic rings. The van der Waals surface area contributed by atoms with Gasteiger partial charge in [0.05, 0.1) is 11.9 Å².